The largest absolute Gasteiger partial charge is 0.590 e. The quantitative estimate of drug-likeness (QED) is 0.135. The molecule has 4 aromatic carbocycles. The van der Waals surface area contributed by atoms with Crippen LogP contribution in [0.3, 0.4) is 0 Å². The van der Waals surface area contributed by atoms with Crippen molar-refractivity contribution in [1.82, 2.24) is 0 Å². The molecule has 0 spiro atoms. The fraction of sp³-hybridized carbons (Fsp3) is 0.161. The number of ether oxygens (including phenoxy) is 3. The molecule has 0 saturated carbocycles. The Bertz CT molecular complexity index is 1510. The summed E-state index contributed by atoms with van der Waals surface area (Å²) >= 11 is 0. The number of esters is 2. The molecule has 1 fully saturated rings. The van der Waals surface area contributed by atoms with Crippen molar-refractivity contribution >= 4 is 19.8 Å². The lowest BCUT2D eigenvalue weighted by atomic mass is 10.1. The van der Waals surface area contributed by atoms with E-state index in [9.17, 15) is 14.2 Å². The predicted octanol–water partition coefficient (Wildman–Crippen LogP) is 6.71. The highest BCUT2D eigenvalue weighted by atomic mass is 31.2. The van der Waals surface area contributed by atoms with Crippen LogP contribution < -0.4 is 9.05 Å². The summed E-state index contributed by atoms with van der Waals surface area (Å²) in [6, 6.07) is 30.6. The molecule has 4 aromatic rings. The summed E-state index contributed by atoms with van der Waals surface area (Å²) in [7, 11) is -4.88. The van der Waals surface area contributed by atoms with Crippen molar-refractivity contribution in [1.29, 1.82) is 0 Å². The summed E-state index contributed by atoms with van der Waals surface area (Å²) in [4.78, 5) is 25.3. The van der Waals surface area contributed by atoms with Crippen LogP contribution in [0.5, 0.6) is 11.5 Å². The average Bonchev–Trinajstić information content (AvgIpc) is 3.25. The van der Waals surface area contributed by atoms with Crippen LogP contribution in [-0.2, 0) is 23.3 Å². The number of carbonyl (C=O) groups is 2. The standard InChI is InChI=1S/C31H25F2O9P/c32-31(33)27(39-29(35)23-15-7-2-8-16-23)26(21-37-28(34)22-13-5-1-6-14-22)38-30(31)42-43(36,40-24-17-9-3-10-18-24)41-25-19-11-4-12-20-25/h1-20,26-27,30H,21H2/t26-,27-,30?/m1/s1. The minimum atomic E-state index is -4.88. The van der Waals surface area contributed by atoms with Crippen LogP contribution in [0.2, 0.25) is 0 Å². The van der Waals surface area contributed by atoms with Gasteiger partial charge in [-0.15, -0.1) is 0 Å². The lowest BCUT2D eigenvalue weighted by Crippen LogP contribution is -2.45. The van der Waals surface area contributed by atoms with Gasteiger partial charge in [-0.2, -0.15) is 8.78 Å². The van der Waals surface area contributed by atoms with Crippen LogP contribution in [0, 0.1) is 0 Å². The van der Waals surface area contributed by atoms with Gasteiger partial charge in [0.1, 0.15) is 24.2 Å². The fourth-order valence-corrected chi connectivity index (χ4v) is 5.36. The van der Waals surface area contributed by atoms with E-state index in [2.05, 4.69) is 0 Å². The van der Waals surface area contributed by atoms with Crippen LogP contribution in [0.15, 0.2) is 121 Å². The summed E-state index contributed by atoms with van der Waals surface area (Å²) in [6.45, 7) is -0.751. The molecule has 1 aliphatic rings. The molecule has 12 heteroatoms. The third-order valence-corrected chi connectivity index (χ3v) is 7.43. The number of phosphoric acid groups is 1. The van der Waals surface area contributed by atoms with Gasteiger partial charge in [0, 0.05) is 0 Å². The van der Waals surface area contributed by atoms with Crippen LogP contribution in [0.1, 0.15) is 20.7 Å². The Morgan fingerprint density at radius 3 is 1.63 bits per heavy atom. The maximum absolute atomic E-state index is 16.0. The Balaban J connectivity index is 1.41. The first-order chi connectivity index (χ1) is 20.7. The molecule has 3 atom stereocenters. The number of hydrogen-bond acceptors (Lipinski definition) is 9. The molecule has 1 aliphatic heterocycles. The van der Waals surface area contributed by atoms with E-state index in [1.807, 2.05) is 0 Å². The topological polar surface area (TPSA) is 107 Å². The number of para-hydroxylation sites is 2. The van der Waals surface area contributed by atoms with Crippen molar-refractivity contribution in [3.8, 4) is 11.5 Å². The monoisotopic (exact) mass is 610 g/mol. The van der Waals surface area contributed by atoms with E-state index in [1.54, 1.807) is 60.7 Å². The molecule has 0 aliphatic carbocycles. The molecule has 0 N–H and O–H groups in total. The van der Waals surface area contributed by atoms with Crippen LogP contribution >= 0.6 is 7.82 Å². The van der Waals surface area contributed by atoms with E-state index in [4.69, 9.17) is 27.8 Å². The van der Waals surface area contributed by atoms with E-state index < -0.39 is 50.8 Å². The third kappa shape index (κ3) is 7.45. The maximum atomic E-state index is 16.0. The second-order valence-electron chi connectivity index (χ2n) is 9.20. The number of hydrogen-bond donors (Lipinski definition) is 0. The summed E-state index contributed by atoms with van der Waals surface area (Å²) < 4.78 is 77.7. The molecule has 1 unspecified atom stereocenters. The van der Waals surface area contributed by atoms with Crippen LogP contribution in [0.25, 0.3) is 0 Å². The van der Waals surface area contributed by atoms with Crippen molar-refractivity contribution in [2.24, 2.45) is 0 Å². The highest BCUT2D eigenvalue weighted by molar-refractivity contribution is 7.49. The molecule has 5 rings (SSSR count). The minimum absolute atomic E-state index is 0.00322. The molecule has 0 bridgehead atoms. The van der Waals surface area contributed by atoms with Crippen molar-refractivity contribution in [3.63, 3.8) is 0 Å². The fourth-order valence-electron chi connectivity index (χ4n) is 4.05. The molecular weight excluding hydrogens is 585 g/mol. The van der Waals surface area contributed by atoms with Gasteiger partial charge < -0.3 is 23.3 Å². The Kier molecular flexibility index (Phi) is 9.16. The lowest BCUT2D eigenvalue weighted by Gasteiger charge is -2.26. The molecule has 0 aromatic heterocycles. The van der Waals surface area contributed by atoms with Crippen molar-refractivity contribution in [3.05, 3.63) is 132 Å². The zero-order valence-electron chi connectivity index (χ0n) is 22.4. The van der Waals surface area contributed by atoms with Crippen LogP contribution in [0.4, 0.5) is 8.78 Å². The molecule has 1 saturated heterocycles. The summed E-state index contributed by atoms with van der Waals surface area (Å²) in [6.07, 6.45) is -6.63. The zero-order chi connectivity index (χ0) is 30.3. The molecule has 9 nitrogen and oxygen atoms in total. The number of halogens is 2. The Hall–Kier alpha value is -4.57. The van der Waals surface area contributed by atoms with Gasteiger partial charge in [0.2, 0.25) is 12.4 Å². The summed E-state index contributed by atoms with van der Waals surface area (Å²) in [5.74, 6) is -6.01. The highest BCUT2D eigenvalue weighted by Crippen LogP contribution is 2.54. The van der Waals surface area contributed by atoms with Crippen molar-refractivity contribution in [2.45, 2.75) is 24.4 Å². The van der Waals surface area contributed by atoms with E-state index in [0.29, 0.717) is 0 Å². The van der Waals surface area contributed by atoms with E-state index in [1.165, 1.54) is 60.7 Å². The third-order valence-electron chi connectivity index (χ3n) is 6.11. The van der Waals surface area contributed by atoms with Crippen molar-refractivity contribution in [2.75, 3.05) is 6.61 Å². The summed E-state index contributed by atoms with van der Waals surface area (Å²) in [5.41, 5.74) is 0.156. The first kappa shape index (κ1) is 29.9. The molecule has 0 radical (unpaired) electrons. The van der Waals surface area contributed by atoms with Gasteiger partial charge >= 0.3 is 25.7 Å². The van der Waals surface area contributed by atoms with Gasteiger partial charge in [-0.25, -0.2) is 18.7 Å². The second-order valence-corrected chi connectivity index (χ2v) is 10.7. The molecule has 43 heavy (non-hydrogen) atoms. The molecular formula is C31H25F2O9P. The maximum Gasteiger partial charge on any atom is 0.590 e. The first-order valence-electron chi connectivity index (χ1n) is 13.0. The van der Waals surface area contributed by atoms with Gasteiger partial charge in [-0.3, -0.25) is 0 Å². The van der Waals surface area contributed by atoms with Gasteiger partial charge in [0.15, 0.2) is 0 Å². The number of phosphoric ester groups is 1. The molecule has 1 heterocycles. The number of alkyl halides is 2. The number of carbonyl (C=O) groups excluding carboxylic acids is 2. The van der Waals surface area contributed by atoms with E-state index in [-0.39, 0.29) is 22.6 Å². The van der Waals surface area contributed by atoms with Gasteiger partial charge in [-0.1, -0.05) is 72.8 Å². The molecule has 0 amide bonds. The Morgan fingerprint density at radius 1 is 0.698 bits per heavy atom. The predicted molar refractivity (Wildman–Crippen MR) is 149 cm³/mol. The van der Waals surface area contributed by atoms with Gasteiger partial charge in [0.25, 0.3) is 0 Å². The van der Waals surface area contributed by atoms with E-state index in [0.717, 1.165) is 0 Å². The second kappa shape index (κ2) is 13.2. The normalized spacial score (nSPS) is 19.3. The average molecular weight is 611 g/mol. The van der Waals surface area contributed by atoms with Crippen molar-refractivity contribution < 1.29 is 50.7 Å². The lowest BCUT2D eigenvalue weighted by molar-refractivity contribution is -0.190. The molecule has 222 valence electrons. The Labute approximate surface area is 245 Å². The van der Waals surface area contributed by atoms with Gasteiger partial charge in [-0.05, 0) is 48.5 Å². The van der Waals surface area contributed by atoms with E-state index >= 15 is 8.78 Å². The Morgan fingerprint density at radius 2 is 1.14 bits per heavy atom. The van der Waals surface area contributed by atoms with Gasteiger partial charge in [0.05, 0.1) is 11.1 Å². The first-order valence-corrected chi connectivity index (χ1v) is 14.5. The summed E-state index contributed by atoms with van der Waals surface area (Å²) in [5, 5.41) is 0. The number of rotatable bonds is 11. The SMILES string of the molecule is O=C(OC[C@H]1OC(OP(=O)(Oc2ccccc2)Oc2ccccc2)C(F)(F)[C@@H]1OC(=O)c1ccccc1)c1ccccc1. The van der Waals surface area contributed by atoms with Crippen LogP contribution in [-0.4, -0.2) is 43.0 Å². The number of benzene rings is 4. The zero-order valence-corrected chi connectivity index (χ0v) is 23.3. The minimum Gasteiger partial charge on any atom is -0.459 e. The smallest absolute Gasteiger partial charge is 0.459 e. The highest BCUT2D eigenvalue weighted by Gasteiger charge is 2.65.